The Bertz CT molecular complexity index is 922. The Morgan fingerprint density at radius 3 is 2.63 bits per heavy atom. The molecule has 1 aliphatic rings. The Morgan fingerprint density at radius 1 is 1.26 bits per heavy atom. The van der Waals surface area contributed by atoms with E-state index in [4.69, 9.17) is 16.0 Å². The largest absolute Gasteiger partial charge is 0.467 e. The zero-order valence-electron chi connectivity index (χ0n) is 14.3. The molecule has 1 aromatic heterocycles. The number of esters is 1. The maximum Gasteiger partial charge on any atom is 0.328 e. The number of thioether (sulfide) groups is 1. The predicted molar refractivity (Wildman–Crippen MR) is 104 cm³/mol. The number of nitrogens with zero attached hydrogens (tertiary/aromatic N) is 1. The number of ether oxygens (including phenoxy) is 1. The Balaban J connectivity index is 1.74. The SMILES string of the molecule is COC(=O)[C@H](C)N1C(=O)S/C(=C\c2ccc(Sc3ccc(Cl)cc3)o2)C1=O. The Morgan fingerprint density at radius 2 is 1.96 bits per heavy atom. The summed E-state index contributed by atoms with van der Waals surface area (Å²) >= 11 is 8.03. The second kappa shape index (κ2) is 8.24. The molecule has 0 aliphatic carbocycles. The van der Waals surface area contributed by atoms with Crippen LogP contribution >= 0.6 is 35.1 Å². The van der Waals surface area contributed by atoms with Gasteiger partial charge in [-0.15, -0.1) is 0 Å². The fourth-order valence-electron chi connectivity index (χ4n) is 2.30. The molecule has 3 rings (SSSR count). The van der Waals surface area contributed by atoms with E-state index in [-0.39, 0.29) is 4.91 Å². The lowest BCUT2D eigenvalue weighted by Gasteiger charge is -2.18. The van der Waals surface area contributed by atoms with Gasteiger partial charge in [-0.25, -0.2) is 4.79 Å². The van der Waals surface area contributed by atoms with E-state index in [0.717, 1.165) is 21.6 Å². The molecule has 1 saturated heterocycles. The highest BCUT2D eigenvalue weighted by Gasteiger charge is 2.41. The quantitative estimate of drug-likeness (QED) is 0.510. The van der Waals surface area contributed by atoms with Gasteiger partial charge in [0.05, 0.1) is 12.0 Å². The number of carbonyl (C=O) groups is 3. The van der Waals surface area contributed by atoms with Gasteiger partial charge in [-0.2, -0.15) is 0 Å². The second-order valence-corrected chi connectivity index (χ2v) is 7.97. The average Bonchev–Trinajstić information content (AvgIpc) is 3.20. The average molecular weight is 424 g/mol. The van der Waals surface area contributed by atoms with Crippen molar-refractivity contribution in [2.24, 2.45) is 0 Å². The minimum atomic E-state index is -0.985. The maximum atomic E-state index is 12.5. The molecule has 0 spiro atoms. The second-order valence-electron chi connectivity index (χ2n) is 5.46. The minimum Gasteiger partial charge on any atom is -0.467 e. The van der Waals surface area contributed by atoms with Gasteiger partial charge in [0, 0.05) is 16.0 Å². The van der Waals surface area contributed by atoms with Crippen LogP contribution in [0.25, 0.3) is 6.08 Å². The monoisotopic (exact) mass is 423 g/mol. The van der Waals surface area contributed by atoms with Crippen LogP contribution in [-0.4, -0.2) is 35.2 Å². The third-order valence-corrected chi connectivity index (χ3v) is 5.72. The molecule has 27 heavy (non-hydrogen) atoms. The standard InChI is InChI=1S/C18H14ClNO5S2/c1-10(17(22)24-2)20-16(21)14(27-18(20)23)9-12-5-8-15(25-12)26-13-6-3-11(19)4-7-13/h3-10H,1-2H3/b14-9-/t10-/m0/s1. The van der Waals surface area contributed by atoms with Crippen LogP contribution in [0.1, 0.15) is 12.7 Å². The van der Waals surface area contributed by atoms with Gasteiger partial charge in [0.2, 0.25) is 0 Å². The van der Waals surface area contributed by atoms with Crippen LogP contribution in [0.15, 0.2) is 55.7 Å². The number of hydrogen-bond acceptors (Lipinski definition) is 7. The molecular formula is C18H14ClNO5S2. The molecular weight excluding hydrogens is 410 g/mol. The van der Waals surface area contributed by atoms with Crippen molar-refractivity contribution in [2.45, 2.75) is 23.0 Å². The van der Waals surface area contributed by atoms with Gasteiger partial charge in [0.25, 0.3) is 11.1 Å². The van der Waals surface area contributed by atoms with E-state index in [0.29, 0.717) is 15.9 Å². The summed E-state index contributed by atoms with van der Waals surface area (Å²) < 4.78 is 10.3. The Hall–Kier alpha value is -2.16. The van der Waals surface area contributed by atoms with E-state index < -0.39 is 23.2 Å². The first-order valence-electron chi connectivity index (χ1n) is 7.77. The lowest BCUT2D eigenvalue weighted by atomic mass is 10.3. The first-order valence-corrected chi connectivity index (χ1v) is 9.78. The maximum absolute atomic E-state index is 12.5. The molecule has 6 nitrogen and oxygen atoms in total. The van der Waals surface area contributed by atoms with Crippen molar-refractivity contribution in [3.8, 4) is 0 Å². The molecule has 1 aromatic carbocycles. The zero-order chi connectivity index (χ0) is 19.6. The number of halogens is 1. The van der Waals surface area contributed by atoms with Crippen molar-refractivity contribution in [3.63, 3.8) is 0 Å². The molecule has 1 aliphatic heterocycles. The number of hydrogen-bond donors (Lipinski definition) is 0. The molecule has 9 heteroatoms. The van der Waals surface area contributed by atoms with Crippen LogP contribution in [-0.2, 0) is 14.3 Å². The molecule has 0 unspecified atom stereocenters. The summed E-state index contributed by atoms with van der Waals surface area (Å²) in [5, 5.41) is 0.758. The molecule has 0 radical (unpaired) electrons. The van der Waals surface area contributed by atoms with Crippen molar-refractivity contribution < 1.29 is 23.5 Å². The molecule has 1 atom stereocenters. The zero-order valence-corrected chi connectivity index (χ0v) is 16.7. The summed E-state index contributed by atoms with van der Waals surface area (Å²) in [6.45, 7) is 1.44. The van der Waals surface area contributed by atoms with Crippen molar-refractivity contribution >= 4 is 58.3 Å². The van der Waals surface area contributed by atoms with Gasteiger partial charge in [-0.3, -0.25) is 14.5 Å². The van der Waals surface area contributed by atoms with E-state index in [2.05, 4.69) is 4.74 Å². The molecule has 2 heterocycles. The topological polar surface area (TPSA) is 76.8 Å². The van der Waals surface area contributed by atoms with Crippen LogP contribution in [0.5, 0.6) is 0 Å². The number of amides is 2. The number of imide groups is 1. The van der Waals surface area contributed by atoms with E-state index in [1.807, 2.05) is 12.1 Å². The lowest BCUT2D eigenvalue weighted by molar-refractivity contribution is -0.148. The van der Waals surface area contributed by atoms with Crippen molar-refractivity contribution in [1.29, 1.82) is 0 Å². The van der Waals surface area contributed by atoms with Crippen LogP contribution in [0.2, 0.25) is 5.02 Å². The number of methoxy groups -OCH3 is 1. The first-order chi connectivity index (χ1) is 12.9. The summed E-state index contributed by atoms with van der Waals surface area (Å²) in [5.41, 5.74) is 0. The van der Waals surface area contributed by atoms with Gasteiger partial charge in [0.15, 0.2) is 5.09 Å². The van der Waals surface area contributed by atoms with Gasteiger partial charge in [0.1, 0.15) is 11.8 Å². The number of carbonyl (C=O) groups excluding carboxylic acids is 3. The molecule has 140 valence electrons. The summed E-state index contributed by atoms with van der Waals surface area (Å²) in [7, 11) is 1.20. The number of benzene rings is 1. The van der Waals surface area contributed by atoms with Crippen LogP contribution in [0.3, 0.4) is 0 Å². The van der Waals surface area contributed by atoms with Gasteiger partial charge < -0.3 is 9.15 Å². The third-order valence-electron chi connectivity index (χ3n) is 3.66. The van der Waals surface area contributed by atoms with Crippen molar-refractivity contribution in [2.75, 3.05) is 7.11 Å². The predicted octanol–water partition coefficient (Wildman–Crippen LogP) is 4.68. The smallest absolute Gasteiger partial charge is 0.328 e. The molecule has 0 bridgehead atoms. The van der Waals surface area contributed by atoms with Crippen LogP contribution in [0, 0.1) is 0 Å². The number of rotatable bonds is 5. The first kappa shape index (κ1) is 19.6. The minimum absolute atomic E-state index is 0.188. The molecule has 2 amide bonds. The van der Waals surface area contributed by atoms with Crippen LogP contribution in [0.4, 0.5) is 4.79 Å². The summed E-state index contributed by atoms with van der Waals surface area (Å²) in [6.07, 6.45) is 1.49. The van der Waals surface area contributed by atoms with Gasteiger partial charge >= 0.3 is 5.97 Å². The van der Waals surface area contributed by atoms with E-state index in [9.17, 15) is 14.4 Å². The molecule has 0 N–H and O–H groups in total. The van der Waals surface area contributed by atoms with Crippen molar-refractivity contribution in [1.82, 2.24) is 4.90 Å². The fraction of sp³-hybridized carbons (Fsp3) is 0.167. The van der Waals surface area contributed by atoms with Gasteiger partial charge in [-0.1, -0.05) is 23.4 Å². The molecule has 0 saturated carbocycles. The van der Waals surface area contributed by atoms with E-state index in [1.54, 1.807) is 24.3 Å². The lowest BCUT2D eigenvalue weighted by Crippen LogP contribution is -2.42. The highest BCUT2D eigenvalue weighted by atomic mass is 35.5. The van der Waals surface area contributed by atoms with Gasteiger partial charge in [-0.05, 0) is 55.1 Å². The highest BCUT2D eigenvalue weighted by molar-refractivity contribution is 8.18. The fourth-order valence-corrected chi connectivity index (χ4v) is 4.10. The summed E-state index contributed by atoms with van der Waals surface area (Å²) in [6, 6.07) is 9.80. The highest BCUT2D eigenvalue weighted by Crippen LogP contribution is 2.35. The Kier molecular flexibility index (Phi) is 5.98. The number of furan rings is 1. The van der Waals surface area contributed by atoms with Crippen LogP contribution < -0.4 is 0 Å². The molecule has 1 fully saturated rings. The van der Waals surface area contributed by atoms with Crippen molar-refractivity contribution in [3.05, 3.63) is 52.1 Å². The van der Waals surface area contributed by atoms with E-state index >= 15 is 0 Å². The summed E-state index contributed by atoms with van der Waals surface area (Å²) in [5.74, 6) is -0.771. The Labute approximate surface area is 168 Å². The van der Waals surface area contributed by atoms with E-state index in [1.165, 1.54) is 31.9 Å². The third kappa shape index (κ3) is 4.40. The normalized spacial score (nSPS) is 16.9. The molecule has 2 aromatic rings. The summed E-state index contributed by atoms with van der Waals surface area (Å²) in [4.78, 5) is 38.2.